The lowest BCUT2D eigenvalue weighted by atomic mass is 9.99. The maximum absolute atomic E-state index is 2.56. The number of hydrogen-bond donors (Lipinski definition) is 0. The van der Waals surface area contributed by atoms with Crippen LogP contribution in [0.1, 0.15) is 50.7 Å². The van der Waals surface area contributed by atoms with Crippen LogP contribution in [0.4, 0.5) is 5.69 Å². The first-order chi connectivity index (χ1) is 7.72. The topological polar surface area (TPSA) is 3.24 Å². The van der Waals surface area contributed by atoms with Crippen LogP contribution in [-0.2, 0) is 6.42 Å². The Labute approximate surface area is 99.5 Å². The molecule has 0 aliphatic carbocycles. The Hall–Kier alpha value is -0.980. The molecule has 0 radical (unpaired) electrons. The van der Waals surface area contributed by atoms with Crippen molar-refractivity contribution in [1.82, 2.24) is 0 Å². The molecular formula is C15H23N. The average molecular weight is 217 g/mol. The smallest absolute Gasteiger partial charge is 0.0401 e. The molecule has 0 N–H and O–H groups in total. The summed E-state index contributed by atoms with van der Waals surface area (Å²) < 4.78 is 0. The lowest BCUT2D eigenvalue weighted by Crippen LogP contribution is -2.19. The van der Waals surface area contributed by atoms with Gasteiger partial charge in [0.05, 0.1) is 0 Å². The normalized spacial score (nSPS) is 16.1. The van der Waals surface area contributed by atoms with Crippen molar-refractivity contribution in [3.8, 4) is 0 Å². The van der Waals surface area contributed by atoms with E-state index in [0.717, 1.165) is 6.42 Å². The van der Waals surface area contributed by atoms with Gasteiger partial charge in [0.25, 0.3) is 0 Å². The Morgan fingerprint density at radius 3 is 2.44 bits per heavy atom. The Morgan fingerprint density at radius 1 is 1.19 bits per heavy atom. The maximum Gasteiger partial charge on any atom is 0.0401 e. The van der Waals surface area contributed by atoms with E-state index in [4.69, 9.17) is 0 Å². The molecule has 0 atom stereocenters. The molecule has 1 aliphatic rings. The van der Waals surface area contributed by atoms with Crippen LogP contribution in [0.25, 0.3) is 0 Å². The van der Waals surface area contributed by atoms with Crippen LogP contribution in [0, 0.1) is 0 Å². The summed E-state index contributed by atoms with van der Waals surface area (Å²) in [6, 6.07) is 7.03. The van der Waals surface area contributed by atoms with Crippen LogP contribution in [0.3, 0.4) is 0 Å². The number of anilines is 1. The molecule has 1 nitrogen and oxygen atoms in total. The molecule has 1 fully saturated rings. The van der Waals surface area contributed by atoms with Gasteiger partial charge in [-0.15, -0.1) is 0 Å². The molecule has 1 saturated heterocycles. The summed E-state index contributed by atoms with van der Waals surface area (Å²) in [5, 5.41) is 0. The maximum atomic E-state index is 2.56. The van der Waals surface area contributed by atoms with Crippen LogP contribution >= 0.6 is 0 Å². The molecule has 0 bridgehead atoms. The standard InChI is InChI=1S/C15H23N/c1-4-13-7-8-14(12(2)3)11-15(13)16-9-5-6-10-16/h7-8,11-12H,4-6,9-10H2,1-3H3. The van der Waals surface area contributed by atoms with E-state index in [9.17, 15) is 0 Å². The highest BCUT2D eigenvalue weighted by atomic mass is 15.1. The predicted molar refractivity (Wildman–Crippen MR) is 71.4 cm³/mol. The lowest BCUT2D eigenvalue weighted by Gasteiger charge is -2.22. The zero-order valence-corrected chi connectivity index (χ0v) is 10.8. The van der Waals surface area contributed by atoms with Gasteiger partial charge in [0.1, 0.15) is 0 Å². The first kappa shape index (κ1) is 11.5. The Kier molecular flexibility index (Phi) is 3.52. The van der Waals surface area contributed by atoms with Gasteiger partial charge in [0, 0.05) is 18.8 Å². The predicted octanol–water partition coefficient (Wildman–Crippen LogP) is 3.97. The summed E-state index contributed by atoms with van der Waals surface area (Å²) in [4.78, 5) is 2.56. The number of nitrogens with zero attached hydrogens (tertiary/aromatic N) is 1. The van der Waals surface area contributed by atoms with Gasteiger partial charge < -0.3 is 4.90 Å². The van der Waals surface area contributed by atoms with E-state index in [2.05, 4.69) is 43.9 Å². The number of benzene rings is 1. The first-order valence-corrected chi connectivity index (χ1v) is 6.60. The van der Waals surface area contributed by atoms with Crippen molar-refractivity contribution >= 4 is 5.69 Å². The minimum absolute atomic E-state index is 0.632. The summed E-state index contributed by atoms with van der Waals surface area (Å²) in [5.41, 5.74) is 4.47. The van der Waals surface area contributed by atoms with Crippen LogP contribution in [-0.4, -0.2) is 13.1 Å². The van der Waals surface area contributed by atoms with Crippen molar-refractivity contribution in [3.05, 3.63) is 29.3 Å². The van der Waals surface area contributed by atoms with Crippen LogP contribution in [0.5, 0.6) is 0 Å². The summed E-state index contributed by atoms with van der Waals surface area (Å²) in [7, 11) is 0. The Morgan fingerprint density at radius 2 is 1.88 bits per heavy atom. The van der Waals surface area contributed by atoms with Crippen molar-refractivity contribution in [2.24, 2.45) is 0 Å². The third-order valence-electron chi connectivity index (χ3n) is 3.60. The van der Waals surface area contributed by atoms with Crippen molar-refractivity contribution in [3.63, 3.8) is 0 Å². The highest BCUT2D eigenvalue weighted by Gasteiger charge is 2.16. The Bertz CT molecular complexity index is 348. The van der Waals surface area contributed by atoms with Gasteiger partial charge in [-0.05, 0) is 42.4 Å². The number of aryl methyl sites for hydroxylation is 1. The molecule has 0 saturated carbocycles. The summed E-state index contributed by atoms with van der Waals surface area (Å²) in [6.45, 7) is 9.29. The van der Waals surface area contributed by atoms with E-state index >= 15 is 0 Å². The Balaban J connectivity index is 2.34. The second kappa shape index (κ2) is 4.90. The molecule has 0 spiro atoms. The summed E-state index contributed by atoms with van der Waals surface area (Å²) in [5.74, 6) is 0.632. The molecule has 16 heavy (non-hydrogen) atoms. The monoisotopic (exact) mass is 217 g/mol. The molecule has 0 amide bonds. The van der Waals surface area contributed by atoms with Crippen LogP contribution in [0.15, 0.2) is 18.2 Å². The van der Waals surface area contributed by atoms with Gasteiger partial charge in [-0.2, -0.15) is 0 Å². The fourth-order valence-corrected chi connectivity index (χ4v) is 2.49. The van der Waals surface area contributed by atoms with E-state index in [1.807, 2.05) is 0 Å². The van der Waals surface area contributed by atoms with E-state index < -0.39 is 0 Å². The molecule has 1 aromatic carbocycles. The molecule has 0 unspecified atom stereocenters. The molecule has 0 aromatic heterocycles. The van der Waals surface area contributed by atoms with Gasteiger partial charge in [0.15, 0.2) is 0 Å². The minimum atomic E-state index is 0.632. The SMILES string of the molecule is CCc1ccc(C(C)C)cc1N1CCCC1. The van der Waals surface area contributed by atoms with Crippen LogP contribution < -0.4 is 4.90 Å². The van der Waals surface area contributed by atoms with Crippen molar-refractivity contribution in [2.45, 2.75) is 46.0 Å². The molecule has 1 aromatic rings. The third kappa shape index (κ3) is 2.23. The summed E-state index contributed by atoms with van der Waals surface area (Å²) >= 11 is 0. The van der Waals surface area contributed by atoms with Crippen molar-refractivity contribution < 1.29 is 0 Å². The molecular weight excluding hydrogens is 194 g/mol. The lowest BCUT2D eigenvalue weighted by molar-refractivity contribution is 0.858. The van der Waals surface area contributed by atoms with Crippen molar-refractivity contribution in [1.29, 1.82) is 0 Å². The summed E-state index contributed by atoms with van der Waals surface area (Å²) in [6.07, 6.45) is 3.86. The van der Waals surface area contributed by atoms with E-state index in [1.165, 1.54) is 42.7 Å². The van der Waals surface area contributed by atoms with E-state index in [0.29, 0.717) is 5.92 Å². The van der Waals surface area contributed by atoms with Gasteiger partial charge in [0.2, 0.25) is 0 Å². The largest absolute Gasteiger partial charge is 0.371 e. The van der Waals surface area contributed by atoms with Gasteiger partial charge >= 0.3 is 0 Å². The number of hydrogen-bond acceptors (Lipinski definition) is 1. The number of rotatable bonds is 3. The van der Waals surface area contributed by atoms with Gasteiger partial charge in [-0.25, -0.2) is 0 Å². The molecule has 1 heterocycles. The molecule has 88 valence electrons. The first-order valence-electron chi connectivity index (χ1n) is 6.60. The third-order valence-corrected chi connectivity index (χ3v) is 3.60. The molecule has 1 heteroatoms. The fraction of sp³-hybridized carbons (Fsp3) is 0.600. The van der Waals surface area contributed by atoms with Gasteiger partial charge in [-0.3, -0.25) is 0 Å². The van der Waals surface area contributed by atoms with Crippen LogP contribution in [0.2, 0.25) is 0 Å². The fourth-order valence-electron chi connectivity index (χ4n) is 2.49. The van der Waals surface area contributed by atoms with Gasteiger partial charge in [-0.1, -0.05) is 32.9 Å². The second-order valence-electron chi connectivity index (χ2n) is 5.09. The molecule has 2 rings (SSSR count). The van der Waals surface area contributed by atoms with E-state index in [1.54, 1.807) is 0 Å². The average Bonchev–Trinajstić information content (AvgIpc) is 2.81. The highest BCUT2D eigenvalue weighted by Crippen LogP contribution is 2.28. The second-order valence-corrected chi connectivity index (χ2v) is 5.09. The quantitative estimate of drug-likeness (QED) is 0.740. The van der Waals surface area contributed by atoms with E-state index in [-0.39, 0.29) is 0 Å². The zero-order chi connectivity index (χ0) is 11.5. The zero-order valence-electron chi connectivity index (χ0n) is 10.8. The highest BCUT2D eigenvalue weighted by molar-refractivity contribution is 5.56. The molecule has 1 aliphatic heterocycles. The minimum Gasteiger partial charge on any atom is -0.371 e. The van der Waals surface area contributed by atoms with Crippen molar-refractivity contribution in [2.75, 3.05) is 18.0 Å².